The van der Waals surface area contributed by atoms with Gasteiger partial charge in [0.05, 0.1) is 22.8 Å². The smallest absolute Gasteiger partial charge is 0.160 e. The molecule has 15 aromatic carbocycles. The lowest BCUT2D eigenvalue weighted by atomic mass is 9.92. The first kappa shape index (κ1) is 63.9. The fourth-order valence-corrected chi connectivity index (χ4v) is 14.5. The molecule has 0 aliphatic rings. The predicted octanol–water partition coefficient (Wildman–Crippen LogP) is 26.0. The molecule has 6 heteroatoms. The zero-order valence-electron chi connectivity index (χ0n) is 57.8. The van der Waals surface area contributed by atoms with E-state index in [2.05, 4.69) is 374 Å². The van der Waals surface area contributed by atoms with Crippen LogP contribution < -0.4 is 0 Å². The van der Waals surface area contributed by atoms with Gasteiger partial charge in [0, 0.05) is 58.2 Å². The summed E-state index contributed by atoms with van der Waals surface area (Å²) < 4.78 is 0. The van der Waals surface area contributed by atoms with Crippen LogP contribution >= 0.6 is 0 Å². The molecule has 0 aliphatic heterocycles. The maximum Gasteiger partial charge on any atom is 0.160 e. The molecule has 0 unspecified atom stereocenters. The van der Waals surface area contributed by atoms with Gasteiger partial charge in [-0.2, -0.15) is 0 Å². The Morgan fingerprint density at radius 3 is 0.991 bits per heavy atom. The average Bonchev–Trinajstić information content (AvgIpc) is 0.772. The number of aromatic nitrogens is 6. The summed E-state index contributed by atoms with van der Waals surface area (Å²) in [4.78, 5) is 29.5. The lowest BCUT2D eigenvalue weighted by Crippen LogP contribution is -1.97. The van der Waals surface area contributed by atoms with Gasteiger partial charge in [-0.3, -0.25) is 9.97 Å². The Labute approximate surface area is 615 Å². The minimum atomic E-state index is 0.680. The Morgan fingerprint density at radius 2 is 0.481 bits per heavy atom. The first-order valence-electron chi connectivity index (χ1n) is 35.7. The average molecular weight is 1350 g/mol. The van der Waals surface area contributed by atoms with E-state index in [1.165, 1.54) is 65.3 Å². The molecular formula is C100H66N6. The first-order valence-corrected chi connectivity index (χ1v) is 35.7. The number of pyridine rings is 2. The van der Waals surface area contributed by atoms with Crippen molar-refractivity contribution < 1.29 is 0 Å². The van der Waals surface area contributed by atoms with Gasteiger partial charge >= 0.3 is 0 Å². The Kier molecular flexibility index (Phi) is 17.3. The summed E-state index contributed by atoms with van der Waals surface area (Å²) in [5.74, 6) is 1.37. The highest BCUT2D eigenvalue weighted by atomic mass is 14.9. The van der Waals surface area contributed by atoms with Crippen LogP contribution in [0.4, 0.5) is 0 Å². The van der Waals surface area contributed by atoms with Crippen molar-refractivity contribution in [3.63, 3.8) is 0 Å². The number of benzene rings is 15. The molecule has 496 valence electrons. The van der Waals surface area contributed by atoms with Crippen molar-refractivity contribution in [2.24, 2.45) is 0 Å². The number of fused-ring (bicyclic) bond motifs is 5. The monoisotopic (exact) mass is 1350 g/mol. The van der Waals surface area contributed by atoms with Gasteiger partial charge in [0.25, 0.3) is 0 Å². The van der Waals surface area contributed by atoms with Gasteiger partial charge in [0.15, 0.2) is 11.6 Å². The highest BCUT2D eigenvalue weighted by Gasteiger charge is 2.18. The van der Waals surface area contributed by atoms with Gasteiger partial charge in [-0.05, 0) is 176 Å². The summed E-state index contributed by atoms with van der Waals surface area (Å²) in [5, 5.41) is 9.92. The molecule has 4 heterocycles. The van der Waals surface area contributed by atoms with E-state index in [4.69, 9.17) is 19.9 Å². The molecule has 0 aliphatic carbocycles. The summed E-state index contributed by atoms with van der Waals surface area (Å²) in [6, 6.07) is 133. The molecule has 106 heavy (non-hydrogen) atoms. The van der Waals surface area contributed by atoms with E-state index in [1.807, 2.05) is 24.5 Å². The van der Waals surface area contributed by atoms with E-state index in [0.29, 0.717) is 11.6 Å². The van der Waals surface area contributed by atoms with Crippen molar-refractivity contribution in [1.29, 1.82) is 0 Å². The maximum absolute atomic E-state index is 5.27. The van der Waals surface area contributed by atoms with Crippen molar-refractivity contribution in [2.75, 3.05) is 0 Å². The SMILES string of the molecule is c1ccc(-c2cc(-c3ccccc3)cc(-c3cc(-c4ccc(-c5cccnc5)cc4)nc(-c4ccc(-c5cccc6ccccc56)cc4)n3)c2)cc1.c1cncc(-c2ccc(-c3cc(-c4ccc(-c5cc6ccccc6c6ccccc56)cc4)nc(-c4cccc(-c5cccc6ccccc56)c4)n3)cc2)c1. The second-order valence-electron chi connectivity index (χ2n) is 26.6. The van der Waals surface area contributed by atoms with Gasteiger partial charge in [-0.25, -0.2) is 19.9 Å². The summed E-state index contributed by atoms with van der Waals surface area (Å²) in [6.45, 7) is 0. The lowest BCUT2D eigenvalue weighted by Gasteiger charge is -2.14. The van der Waals surface area contributed by atoms with Crippen molar-refractivity contribution in [1.82, 2.24) is 29.9 Å². The number of hydrogen-bond donors (Lipinski definition) is 0. The quantitative estimate of drug-likeness (QED) is 0.107. The molecule has 0 atom stereocenters. The molecule has 19 aromatic rings. The fraction of sp³-hybridized carbons (Fsp3) is 0. The number of hydrogen-bond acceptors (Lipinski definition) is 6. The van der Waals surface area contributed by atoms with E-state index in [-0.39, 0.29) is 0 Å². The molecule has 4 aromatic heterocycles. The highest BCUT2D eigenvalue weighted by molar-refractivity contribution is 6.14. The van der Waals surface area contributed by atoms with Crippen LogP contribution in [0.5, 0.6) is 0 Å². The molecule has 0 radical (unpaired) electrons. The van der Waals surface area contributed by atoms with Crippen molar-refractivity contribution >= 4 is 43.1 Å². The molecule has 0 amide bonds. The Morgan fingerprint density at radius 1 is 0.151 bits per heavy atom. The van der Waals surface area contributed by atoms with Crippen LogP contribution in [0, 0.1) is 0 Å². The fourth-order valence-electron chi connectivity index (χ4n) is 14.5. The third kappa shape index (κ3) is 13.2. The van der Waals surface area contributed by atoms with Crippen LogP contribution in [-0.4, -0.2) is 29.9 Å². The molecular weight excluding hydrogens is 1290 g/mol. The van der Waals surface area contributed by atoms with Crippen LogP contribution in [0.1, 0.15) is 0 Å². The zero-order valence-corrected chi connectivity index (χ0v) is 57.8. The van der Waals surface area contributed by atoms with E-state index < -0.39 is 0 Å². The molecule has 0 bridgehead atoms. The second-order valence-corrected chi connectivity index (χ2v) is 26.6. The summed E-state index contributed by atoms with van der Waals surface area (Å²) in [7, 11) is 0. The lowest BCUT2D eigenvalue weighted by molar-refractivity contribution is 1.18. The topological polar surface area (TPSA) is 77.3 Å². The minimum absolute atomic E-state index is 0.680. The van der Waals surface area contributed by atoms with E-state index >= 15 is 0 Å². The molecule has 6 nitrogen and oxygen atoms in total. The Bertz CT molecular complexity index is 6320. The van der Waals surface area contributed by atoms with Gasteiger partial charge in [0.2, 0.25) is 0 Å². The first-order chi connectivity index (χ1) is 52.5. The van der Waals surface area contributed by atoms with Gasteiger partial charge < -0.3 is 0 Å². The van der Waals surface area contributed by atoms with Crippen LogP contribution in [0.15, 0.2) is 401 Å². The number of rotatable bonds is 13. The van der Waals surface area contributed by atoms with Crippen LogP contribution in [0.2, 0.25) is 0 Å². The minimum Gasteiger partial charge on any atom is -0.264 e. The number of nitrogens with zero attached hydrogens (tertiary/aromatic N) is 6. The Hall–Kier alpha value is -14.2. The molecule has 0 fully saturated rings. The molecule has 19 rings (SSSR count). The molecule has 0 spiro atoms. The van der Waals surface area contributed by atoms with Crippen molar-refractivity contribution in [2.45, 2.75) is 0 Å². The van der Waals surface area contributed by atoms with Gasteiger partial charge in [0.1, 0.15) is 0 Å². The van der Waals surface area contributed by atoms with Crippen LogP contribution in [0.25, 0.3) is 189 Å². The van der Waals surface area contributed by atoms with Crippen molar-refractivity contribution in [3.05, 3.63) is 401 Å². The maximum atomic E-state index is 5.27. The van der Waals surface area contributed by atoms with Crippen molar-refractivity contribution in [3.8, 4) is 146 Å². The normalized spacial score (nSPS) is 11.2. The summed E-state index contributed by atoms with van der Waals surface area (Å²) >= 11 is 0. The third-order valence-electron chi connectivity index (χ3n) is 20.0. The predicted molar refractivity (Wildman–Crippen MR) is 440 cm³/mol. The molecule has 0 saturated heterocycles. The highest BCUT2D eigenvalue weighted by Crippen LogP contribution is 2.41. The standard InChI is InChI=1S/C51H33N3.C49H33N3/c1-3-16-43-35(10-1)12-8-20-44(43)39-13-7-14-41(30-39)51-53-49(37-25-21-34(22-26-37)42-15-9-29-52-33-42)32-50(54-51)38-27-23-36(24-28-38)48-31-40-11-2-4-17-45(40)46-18-5-6-19-47(46)48;1-3-11-34(12-4-1)42-29-43(35-13-5-2-6-14-35)31-44(30-42)48-32-47(39-24-20-36(21-25-39)41-17-10-28-50-33-41)51-49(52-48)40-26-22-38(23-27-40)46-19-9-16-37-15-7-8-18-45(37)46/h1-33H;1-33H. The third-order valence-corrected chi connectivity index (χ3v) is 20.0. The molecule has 0 N–H and O–H groups in total. The van der Waals surface area contributed by atoms with Crippen LogP contribution in [0.3, 0.4) is 0 Å². The van der Waals surface area contributed by atoms with E-state index in [1.54, 1.807) is 12.4 Å². The second kappa shape index (κ2) is 28.7. The summed E-state index contributed by atoms with van der Waals surface area (Å²) in [6.07, 6.45) is 7.38. The summed E-state index contributed by atoms with van der Waals surface area (Å²) in [5.41, 5.74) is 25.6. The van der Waals surface area contributed by atoms with E-state index in [0.717, 1.165) is 112 Å². The zero-order chi connectivity index (χ0) is 70.5. The van der Waals surface area contributed by atoms with Crippen LogP contribution in [-0.2, 0) is 0 Å². The Balaban J connectivity index is 0.000000150. The molecule has 0 saturated carbocycles. The van der Waals surface area contributed by atoms with Gasteiger partial charge in [-0.1, -0.05) is 322 Å². The van der Waals surface area contributed by atoms with E-state index in [9.17, 15) is 0 Å². The van der Waals surface area contributed by atoms with Gasteiger partial charge in [-0.15, -0.1) is 0 Å². The largest absolute Gasteiger partial charge is 0.264 e.